The Kier molecular flexibility index (Phi) is 3.53. The van der Waals surface area contributed by atoms with Gasteiger partial charge in [0.15, 0.2) is 0 Å². The number of nitrogens with two attached hydrogens (primary N) is 1. The van der Waals surface area contributed by atoms with Gasteiger partial charge in [0.2, 0.25) is 5.91 Å². The van der Waals surface area contributed by atoms with Gasteiger partial charge in [0.25, 0.3) is 0 Å². The molecule has 92 valence electrons. The van der Waals surface area contributed by atoms with Crippen molar-refractivity contribution in [2.24, 2.45) is 5.73 Å². The second-order valence-corrected chi connectivity index (χ2v) is 4.19. The molecule has 0 radical (unpaired) electrons. The van der Waals surface area contributed by atoms with E-state index in [-0.39, 0.29) is 0 Å². The average molecular weight is 262 g/mol. The fraction of sp³-hybridized carbons (Fsp3) is 0.0714. The van der Waals surface area contributed by atoms with Gasteiger partial charge in [-0.2, -0.15) is 0 Å². The molecule has 2 N–H and O–H groups in total. The molecule has 0 atom stereocenters. The molecule has 0 aromatic heterocycles. The molecule has 0 aliphatic rings. The summed E-state index contributed by atoms with van der Waals surface area (Å²) >= 11 is 5.98. The number of primary amides is 1. The van der Waals surface area contributed by atoms with Crippen molar-refractivity contribution in [2.45, 2.75) is 0 Å². The van der Waals surface area contributed by atoms with Crippen LogP contribution >= 0.6 is 11.6 Å². The minimum Gasteiger partial charge on any atom is -0.496 e. The molecule has 0 aliphatic heterocycles. The predicted octanol–water partition coefficient (Wildman–Crippen LogP) is 3.11. The van der Waals surface area contributed by atoms with E-state index in [2.05, 4.69) is 0 Å². The number of methoxy groups -OCH3 is 1. The Morgan fingerprint density at radius 2 is 1.89 bits per heavy atom. The maximum Gasteiger partial charge on any atom is 0.249 e. The fourth-order valence-electron chi connectivity index (χ4n) is 1.82. The first-order valence-electron chi connectivity index (χ1n) is 5.36. The Morgan fingerprint density at radius 1 is 1.17 bits per heavy atom. The van der Waals surface area contributed by atoms with Crippen molar-refractivity contribution in [3.8, 4) is 16.9 Å². The van der Waals surface area contributed by atoms with Gasteiger partial charge in [0.1, 0.15) is 5.75 Å². The Labute approximate surface area is 110 Å². The highest BCUT2D eigenvalue weighted by atomic mass is 35.5. The molecule has 0 saturated heterocycles. The van der Waals surface area contributed by atoms with Gasteiger partial charge < -0.3 is 10.5 Å². The number of carbonyl (C=O) groups excluding carboxylic acids is 1. The summed E-state index contributed by atoms with van der Waals surface area (Å²) in [7, 11) is 1.57. The summed E-state index contributed by atoms with van der Waals surface area (Å²) in [5.74, 6) is 0.167. The predicted molar refractivity (Wildman–Crippen MR) is 72.0 cm³/mol. The number of amides is 1. The standard InChI is InChI=1S/C14H12ClNO2/c1-18-13-7-6-9(15)8-12(13)10-4-2-3-5-11(10)14(16)17/h2-8H,1H3,(H2,16,17). The highest BCUT2D eigenvalue weighted by molar-refractivity contribution is 6.31. The van der Waals surface area contributed by atoms with Crippen molar-refractivity contribution in [1.82, 2.24) is 0 Å². The van der Waals surface area contributed by atoms with Gasteiger partial charge in [-0.05, 0) is 29.8 Å². The molecular weight excluding hydrogens is 250 g/mol. The first-order valence-corrected chi connectivity index (χ1v) is 5.74. The van der Waals surface area contributed by atoms with Gasteiger partial charge in [-0.15, -0.1) is 0 Å². The lowest BCUT2D eigenvalue weighted by atomic mass is 9.98. The number of hydrogen-bond donors (Lipinski definition) is 1. The van der Waals surface area contributed by atoms with Crippen LogP contribution in [0.5, 0.6) is 5.75 Å². The van der Waals surface area contributed by atoms with E-state index >= 15 is 0 Å². The summed E-state index contributed by atoms with van der Waals surface area (Å²) in [6.07, 6.45) is 0. The molecule has 0 unspecified atom stereocenters. The van der Waals surface area contributed by atoms with Crippen LogP contribution in [0.3, 0.4) is 0 Å². The van der Waals surface area contributed by atoms with Crippen molar-refractivity contribution in [3.63, 3.8) is 0 Å². The van der Waals surface area contributed by atoms with Crippen molar-refractivity contribution in [2.75, 3.05) is 7.11 Å². The van der Waals surface area contributed by atoms with Gasteiger partial charge in [0.05, 0.1) is 7.11 Å². The number of halogens is 1. The topological polar surface area (TPSA) is 52.3 Å². The molecule has 0 aliphatic carbocycles. The first-order chi connectivity index (χ1) is 8.63. The lowest BCUT2D eigenvalue weighted by molar-refractivity contribution is 0.100. The second-order valence-electron chi connectivity index (χ2n) is 3.75. The van der Waals surface area contributed by atoms with Crippen LogP contribution < -0.4 is 10.5 Å². The lowest BCUT2D eigenvalue weighted by Crippen LogP contribution is -2.12. The number of hydrogen-bond acceptors (Lipinski definition) is 2. The van der Waals surface area contributed by atoms with Crippen molar-refractivity contribution >= 4 is 17.5 Å². The largest absolute Gasteiger partial charge is 0.496 e. The molecule has 2 rings (SSSR count). The van der Waals surface area contributed by atoms with Crippen molar-refractivity contribution in [3.05, 3.63) is 53.1 Å². The monoisotopic (exact) mass is 261 g/mol. The first kappa shape index (κ1) is 12.5. The zero-order chi connectivity index (χ0) is 13.1. The molecule has 4 heteroatoms. The zero-order valence-electron chi connectivity index (χ0n) is 9.81. The quantitative estimate of drug-likeness (QED) is 0.923. The number of rotatable bonds is 3. The molecule has 1 amide bonds. The molecule has 0 saturated carbocycles. The van der Waals surface area contributed by atoms with Gasteiger partial charge in [-0.3, -0.25) is 4.79 Å². The van der Waals surface area contributed by atoms with E-state index in [0.29, 0.717) is 21.9 Å². The molecule has 18 heavy (non-hydrogen) atoms. The van der Waals surface area contributed by atoms with Gasteiger partial charge in [-0.25, -0.2) is 0 Å². The van der Waals surface area contributed by atoms with E-state index in [1.54, 1.807) is 37.4 Å². The van der Waals surface area contributed by atoms with E-state index in [1.807, 2.05) is 12.1 Å². The Morgan fingerprint density at radius 3 is 2.56 bits per heavy atom. The van der Waals surface area contributed by atoms with Gasteiger partial charge in [-0.1, -0.05) is 29.8 Å². The Balaban J connectivity index is 2.68. The Bertz CT molecular complexity index is 596. The smallest absolute Gasteiger partial charge is 0.249 e. The summed E-state index contributed by atoms with van der Waals surface area (Å²) in [4.78, 5) is 11.4. The Hall–Kier alpha value is -2.00. The van der Waals surface area contributed by atoms with Crippen LogP contribution in [-0.2, 0) is 0 Å². The van der Waals surface area contributed by atoms with E-state index < -0.39 is 5.91 Å². The average Bonchev–Trinajstić information content (AvgIpc) is 2.38. The third-order valence-electron chi connectivity index (χ3n) is 2.64. The second kappa shape index (κ2) is 5.10. The lowest BCUT2D eigenvalue weighted by Gasteiger charge is -2.11. The maximum absolute atomic E-state index is 11.4. The molecule has 0 bridgehead atoms. The highest BCUT2D eigenvalue weighted by Gasteiger charge is 2.13. The molecule has 0 heterocycles. The molecule has 2 aromatic rings. The molecular formula is C14H12ClNO2. The number of ether oxygens (including phenoxy) is 1. The SMILES string of the molecule is COc1ccc(Cl)cc1-c1ccccc1C(N)=O. The summed E-state index contributed by atoms with van der Waals surface area (Å²) in [5, 5.41) is 0.574. The van der Waals surface area contributed by atoms with Crippen LogP contribution in [0, 0.1) is 0 Å². The fourth-order valence-corrected chi connectivity index (χ4v) is 2.00. The minimum absolute atomic E-state index is 0.443. The molecule has 3 nitrogen and oxygen atoms in total. The third kappa shape index (κ3) is 2.31. The normalized spacial score (nSPS) is 10.1. The van der Waals surface area contributed by atoms with Gasteiger partial charge in [0, 0.05) is 16.1 Å². The van der Waals surface area contributed by atoms with Gasteiger partial charge >= 0.3 is 0 Å². The summed E-state index contributed by atoms with van der Waals surface area (Å²) in [6, 6.07) is 12.3. The molecule has 0 spiro atoms. The van der Waals surface area contributed by atoms with E-state index in [4.69, 9.17) is 22.1 Å². The minimum atomic E-state index is -0.479. The highest BCUT2D eigenvalue weighted by Crippen LogP contribution is 2.34. The number of benzene rings is 2. The van der Waals surface area contributed by atoms with Crippen molar-refractivity contribution < 1.29 is 9.53 Å². The maximum atomic E-state index is 11.4. The van der Waals surface area contributed by atoms with Crippen LogP contribution in [0.25, 0.3) is 11.1 Å². The molecule has 2 aromatic carbocycles. The summed E-state index contributed by atoms with van der Waals surface area (Å²) < 4.78 is 5.28. The van der Waals surface area contributed by atoms with Crippen LogP contribution in [0.15, 0.2) is 42.5 Å². The van der Waals surface area contributed by atoms with E-state index in [9.17, 15) is 4.79 Å². The number of carbonyl (C=O) groups is 1. The summed E-state index contributed by atoms with van der Waals surface area (Å²) in [6.45, 7) is 0. The zero-order valence-corrected chi connectivity index (χ0v) is 10.6. The summed E-state index contributed by atoms with van der Waals surface area (Å²) in [5.41, 5.74) is 7.27. The molecule has 0 fully saturated rings. The van der Waals surface area contributed by atoms with Crippen LogP contribution in [0.4, 0.5) is 0 Å². The van der Waals surface area contributed by atoms with E-state index in [0.717, 1.165) is 5.56 Å². The van der Waals surface area contributed by atoms with Crippen LogP contribution in [-0.4, -0.2) is 13.0 Å². The van der Waals surface area contributed by atoms with Crippen LogP contribution in [0.1, 0.15) is 10.4 Å². The third-order valence-corrected chi connectivity index (χ3v) is 2.88. The van der Waals surface area contributed by atoms with Crippen LogP contribution in [0.2, 0.25) is 5.02 Å². The van der Waals surface area contributed by atoms with E-state index in [1.165, 1.54) is 0 Å². The van der Waals surface area contributed by atoms with Crippen molar-refractivity contribution in [1.29, 1.82) is 0 Å².